The third-order valence-electron chi connectivity index (χ3n) is 1.50. The molecule has 0 aromatic carbocycles. The first-order valence-corrected chi connectivity index (χ1v) is 3.65. The first-order valence-electron chi connectivity index (χ1n) is 3.65. The monoisotopic (exact) mass is 203 g/mol. The summed E-state index contributed by atoms with van der Waals surface area (Å²) in [5.74, 6) is -1.46. The quantitative estimate of drug-likeness (QED) is 0.811. The largest absolute Gasteiger partial charge is 0.478 e. The highest BCUT2D eigenvalue weighted by molar-refractivity contribution is 5.87. The van der Waals surface area contributed by atoms with Crippen LogP contribution in [0.1, 0.15) is 16.1 Å². The number of alkyl halides is 2. The number of carboxylic acid groups (broad SMARTS) is 1. The number of halogens is 2. The van der Waals surface area contributed by atoms with Crippen molar-refractivity contribution in [2.45, 2.75) is 13.5 Å². The van der Waals surface area contributed by atoms with Gasteiger partial charge in [0.05, 0.1) is 11.3 Å². The summed E-state index contributed by atoms with van der Waals surface area (Å²) in [6.45, 7) is -1.54. The first kappa shape index (κ1) is 10.4. The molecule has 0 radical (unpaired) electrons. The SMILES string of the molecule is Cc1ncc(C(=O)O)cc1OC(F)F. The maximum absolute atomic E-state index is 11.8. The molecule has 1 aromatic heterocycles. The van der Waals surface area contributed by atoms with Crippen molar-refractivity contribution in [3.63, 3.8) is 0 Å². The smallest absolute Gasteiger partial charge is 0.387 e. The molecule has 0 amide bonds. The number of pyridine rings is 1. The lowest BCUT2D eigenvalue weighted by Crippen LogP contribution is -2.06. The van der Waals surface area contributed by atoms with Gasteiger partial charge in [0.15, 0.2) is 0 Å². The van der Waals surface area contributed by atoms with E-state index in [0.717, 1.165) is 12.3 Å². The van der Waals surface area contributed by atoms with Crippen LogP contribution in [-0.4, -0.2) is 22.7 Å². The molecule has 14 heavy (non-hydrogen) atoms. The van der Waals surface area contributed by atoms with Crippen molar-refractivity contribution in [2.24, 2.45) is 0 Å². The van der Waals surface area contributed by atoms with E-state index in [2.05, 4.69) is 9.72 Å². The number of hydrogen-bond acceptors (Lipinski definition) is 3. The maximum atomic E-state index is 11.8. The van der Waals surface area contributed by atoms with E-state index in [0.29, 0.717) is 0 Å². The predicted molar refractivity (Wildman–Crippen MR) is 42.6 cm³/mol. The minimum atomic E-state index is -2.99. The van der Waals surface area contributed by atoms with Gasteiger partial charge in [0.1, 0.15) is 5.75 Å². The molecular weight excluding hydrogens is 196 g/mol. The molecule has 0 spiro atoms. The molecule has 1 rings (SSSR count). The summed E-state index contributed by atoms with van der Waals surface area (Å²) in [4.78, 5) is 14.1. The van der Waals surface area contributed by atoms with Gasteiger partial charge in [-0.25, -0.2) is 4.79 Å². The number of aryl methyl sites for hydroxylation is 1. The van der Waals surface area contributed by atoms with Crippen molar-refractivity contribution in [2.75, 3.05) is 0 Å². The van der Waals surface area contributed by atoms with E-state index in [1.165, 1.54) is 6.92 Å². The molecule has 1 aromatic rings. The molecule has 0 saturated carbocycles. The van der Waals surface area contributed by atoms with Crippen LogP contribution in [0.5, 0.6) is 5.75 Å². The molecule has 1 heterocycles. The number of aromatic nitrogens is 1. The van der Waals surface area contributed by atoms with Crippen molar-refractivity contribution in [1.29, 1.82) is 0 Å². The van der Waals surface area contributed by atoms with E-state index in [9.17, 15) is 13.6 Å². The lowest BCUT2D eigenvalue weighted by molar-refractivity contribution is -0.0506. The van der Waals surface area contributed by atoms with Crippen LogP contribution >= 0.6 is 0 Å². The standard InChI is InChI=1S/C8H7F2NO3/c1-4-6(14-8(9)10)2-5(3-11-4)7(12)13/h2-3,8H,1H3,(H,12,13). The zero-order chi connectivity index (χ0) is 10.7. The number of carbonyl (C=O) groups is 1. The minimum Gasteiger partial charge on any atom is -0.478 e. The molecule has 0 bridgehead atoms. The average Bonchev–Trinajstić information content (AvgIpc) is 2.07. The molecule has 0 saturated heterocycles. The van der Waals surface area contributed by atoms with Gasteiger partial charge in [-0.2, -0.15) is 8.78 Å². The summed E-state index contributed by atoms with van der Waals surface area (Å²) < 4.78 is 27.7. The molecule has 6 heteroatoms. The molecule has 1 N–H and O–H groups in total. The number of hydrogen-bond donors (Lipinski definition) is 1. The highest BCUT2D eigenvalue weighted by Gasteiger charge is 2.11. The maximum Gasteiger partial charge on any atom is 0.387 e. The molecule has 0 fully saturated rings. The number of nitrogens with zero attached hydrogens (tertiary/aromatic N) is 1. The van der Waals surface area contributed by atoms with Gasteiger partial charge in [-0.05, 0) is 13.0 Å². The van der Waals surface area contributed by atoms with Crippen molar-refractivity contribution < 1.29 is 23.4 Å². The van der Waals surface area contributed by atoms with Crippen LogP contribution in [0.2, 0.25) is 0 Å². The van der Waals surface area contributed by atoms with Crippen molar-refractivity contribution in [3.05, 3.63) is 23.5 Å². The van der Waals surface area contributed by atoms with Crippen LogP contribution in [0.25, 0.3) is 0 Å². The lowest BCUT2D eigenvalue weighted by atomic mass is 10.2. The van der Waals surface area contributed by atoms with E-state index in [1.807, 2.05) is 0 Å². The Bertz CT molecular complexity index is 354. The zero-order valence-electron chi connectivity index (χ0n) is 7.20. The molecule has 0 atom stereocenters. The lowest BCUT2D eigenvalue weighted by Gasteiger charge is -2.07. The van der Waals surface area contributed by atoms with E-state index in [1.54, 1.807) is 0 Å². The molecule has 4 nitrogen and oxygen atoms in total. The number of rotatable bonds is 3. The Morgan fingerprint density at radius 3 is 2.79 bits per heavy atom. The first-order chi connectivity index (χ1) is 6.50. The normalized spacial score (nSPS) is 10.3. The van der Waals surface area contributed by atoms with E-state index in [-0.39, 0.29) is 17.0 Å². The van der Waals surface area contributed by atoms with Crippen molar-refractivity contribution in [3.8, 4) is 5.75 Å². The second-order valence-corrected chi connectivity index (χ2v) is 2.49. The van der Waals surface area contributed by atoms with E-state index >= 15 is 0 Å². The Balaban J connectivity index is 3.02. The summed E-state index contributed by atoms with van der Waals surface area (Å²) in [5, 5.41) is 8.55. The number of aromatic carboxylic acids is 1. The van der Waals surface area contributed by atoms with Crippen LogP contribution in [-0.2, 0) is 0 Å². The number of ether oxygens (including phenoxy) is 1. The highest BCUT2D eigenvalue weighted by Crippen LogP contribution is 2.19. The average molecular weight is 203 g/mol. The minimum absolute atomic E-state index is 0.189. The Morgan fingerprint density at radius 2 is 2.29 bits per heavy atom. The molecule has 0 unspecified atom stereocenters. The van der Waals surface area contributed by atoms with Crippen LogP contribution < -0.4 is 4.74 Å². The molecule has 0 aliphatic carbocycles. The fourth-order valence-electron chi connectivity index (χ4n) is 0.845. The predicted octanol–water partition coefficient (Wildman–Crippen LogP) is 1.69. The fraction of sp³-hybridized carbons (Fsp3) is 0.250. The van der Waals surface area contributed by atoms with Gasteiger partial charge in [-0.1, -0.05) is 0 Å². The van der Waals surface area contributed by atoms with Gasteiger partial charge < -0.3 is 9.84 Å². The van der Waals surface area contributed by atoms with Crippen LogP contribution in [0.4, 0.5) is 8.78 Å². The summed E-state index contributed by atoms with van der Waals surface area (Å²) in [6.07, 6.45) is 1.08. The molecule has 0 aliphatic heterocycles. The Kier molecular flexibility index (Phi) is 2.95. The Labute approximate surface area is 78.1 Å². The van der Waals surface area contributed by atoms with Crippen LogP contribution in [0.3, 0.4) is 0 Å². The van der Waals surface area contributed by atoms with Gasteiger partial charge in [-0.15, -0.1) is 0 Å². The highest BCUT2D eigenvalue weighted by atomic mass is 19.3. The second-order valence-electron chi connectivity index (χ2n) is 2.49. The van der Waals surface area contributed by atoms with E-state index < -0.39 is 12.6 Å². The van der Waals surface area contributed by atoms with Crippen molar-refractivity contribution >= 4 is 5.97 Å². The van der Waals surface area contributed by atoms with Gasteiger partial charge in [0, 0.05) is 6.20 Å². The van der Waals surface area contributed by atoms with Crippen LogP contribution in [0.15, 0.2) is 12.3 Å². The topological polar surface area (TPSA) is 59.4 Å². The number of carboxylic acids is 1. The Morgan fingerprint density at radius 1 is 1.64 bits per heavy atom. The van der Waals surface area contributed by atoms with Gasteiger partial charge in [0.25, 0.3) is 0 Å². The third kappa shape index (κ3) is 2.38. The summed E-state index contributed by atoms with van der Waals surface area (Å²) in [7, 11) is 0. The Hall–Kier alpha value is -1.72. The van der Waals surface area contributed by atoms with Crippen molar-refractivity contribution in [1.82, 2.24) is 4.98 Å². The second kappa shape index (κ2) is 3.99. The van der Waals surface area contributed by atoms with Crippen LogP contribution in [0, 0.1) is 6.92 Å². The van der Waals surface area contributed by atoms with Gasteiger partial charge in [-0.3, -0.25) is 4.98 Å². The molecule has 0 aliphatic rings. The molecular formula is C8H7F2NO3. The van der Waals surface area contributed by atoms with Gasteiger partial charge in [0.2, 0.25) is 0 Å². The fourth-order valence-corrected chi connectivity index (χ4v) is 0.845. The zero-order valence-corrected chi connectivity index (χ0v) is 7.20. The third-order valence-corrected chi connectivity index (χ3v) is 1.50. The summed E-state index contributed by atoms with van der Waals surface area (Å²) >= 11 is 0. The summed E-state index contributed by atoms with van der Waals surface area (Å²) in [5.41, 5.74) is 0.0292. The molecule has 76 valence electrons. The van der Waals surface area contributed by atoms with Gasteiger partial charge >= 0.3 is 12.6 Å². The summed E-state index contributed by atoms with van der Waals surface area (Å²) in [6, 6.07) is 1.01. The van der Waals surface area contributed by atoms with E-state index in [4.69, 9.17) is 5.11 Å².